The van der Waals surface area contributed by atoms with Crippen LogP contribution in [0.3, 0.4) is 0 Å². The van der Waals surface area contributed by atoms with Crippen molar-refractivity contribution in [1.29, 1.82) is 0 Å². The van der Waals surface area contributed by atoms with Crippen LogP contribution in [0, 0.1) is 6.92 Å². The van der Waals surface area contributed by atoms with E-state index in [9.17, 15) is 13.2 Å². The molecular weight excluding hydrogens is 302 g/mol. The summed E-state index contributed by atoms with van der Waals surface area (Å²) in [5.74, 6) is 0.103. The van der Waals surface area contributed by atoms with E-state index in [0.717, 1.165) is 24.8 Å². The van der Waals surface area contributed by atoms with Gasteiger partial charge in [0.25, 0.3) is 10.1 Å². The molecule has 22 heavy (non-hydrogen) atoms. The summed E-state index contributed by atoms with van der Waals surface area (Å²) >= 11 is 0. The Morgan fingerprint density at radius 2 is 1.77 bits per heavy atom. The molecule has 2 fully saturated rings. The maximum atomic E-state index is 12.3. The number of amides is 1. The lowest BCUT2D eigenvalue weighted by molar-refractivity contribution is -0.120. The molecule has 0 aromatic heterocycles. The van der Waals surface area contributed by atoms with Gasteiger partial charge in [-0.15, -0.1) is 0 Å². The van der Waals surface area contributed by atoms with E-state index in [-0.39, 0.29) is 22.4 Å². The third kappa shape index (κ3) is 3.17. The molecule has 0 bridgehead atoms. The minimum Gasteiger partial charge on any atom is -0.351 e. The number of hydrogen-bond acceptors (Lipinski definition) is 4. The number of carbonyl (C=O) groups excluding carboxylic acids is 1. The molecule has 120 valence electrons. The standard InChI is InChI=1S/C16H21NO4S/c1-12-2-4-14(5-3-12)22(19,20)21-13-6-9-16(10-7-13)11-8-15(18)17-16/h2-5,13H,6-11H2,1H3,(H,17,18). The molecule has 0 unspecified atom stereocenters. The second-order valence-electron chi connectivity index (χ2n) is 6.39. The highest BCUT2D eigenvalue weighted by Crippen LogP contribution is 2.37. The Morgan fingerprint density at radius 3 is 2.32 bits per heavy atom. The Hall–Kier alpha value is -1.40. The predicted octanol–water partition coefficient (Wildman–Crippen LogP) is 2.29. The third-order valence-electron chi connectivity index (χ3n) is 4.70. The largest absolute Gasteiger partial charge is 0.351 e. The van der Waals surface area contributed by atoms with Gasteiger partial charge in [-0.3, -0.25) is 8.98 Å². The van der Waals surface area contributed by atoms with Crippen LogP contribution < -0.4 is 5.32 Å². The zero-order valence-corrected chi connectivity index (χ0v) is 13.5. The topological polar surface area (TPSA) is 72.5 Å². The molecule has 1 saturated carbocycles. The smallest absolute Gasteiger partial charge is 0.297 e. The zero-order valence-electron chi connectivity index (χ0n) is 12.7. The summed E-state index contributed by atoms with van der Waals surface area (Å²) < 4.78 is 30.0. The van der Waals surface area contributed by atoms with Crippen molar-refractivity contribution in [3.05, 3.63) is 29.8 Å². The van der Waals surface area contributed by atoms with Crippen LogP contribution in [0.5, 0.6) is 0 Å². The molecule has 3 rings (SSSR count). The van der Waals surface area contributed by atoms with Crippen LogP contribution in [0.1, 0.15) is 44.1 Å². The van der Waals surface area contributed by atoms with Gasteiger partial charge in [-0.1, -0.05) is 17.7 Å². The van der Waals surface area contributed by atoms with Crippen molar-refractivity contribution in [2.24, 2.45) is 0 Å². The number of benzene rings is 1. The summed E-state index contributed by atoms with van der Waals surface area (Å²) in [7, 11) is -3.71. The lowest BCUT2D eigenvalue weighted by Gasteiger charge is -2.36. The van der Waals surface area contributed by atoms with E-state index in [4.69, 9.17) is 4.18 Å². The van der Waals surface area contributed by atoms with Gasteiger partial charge in [0, 0.05) is 12.0 Å². The Balaban J connectivity index is 1.62. The van der Waals surface area contributed by atoms with Gasteiger partial charge in [-0.25, -0.2) is 0 Å². The maximum Gasteiger partial charge on any atom is 0.297 e. The van der Waals surface area contributed by atoms with Crippen molar-refractivity contribution in [2.75, 3.05) is 0 Å². The summed E-state index contributed by atoms with van der Waals surface area (Å²) in [6, 6.07) is 6.68. The van der Waals surface area contributed by atoms with Crippen LogP contribution in [0.15, 0.2) is 29.2 Å². The van der Waals surface area contributed by atoms with Gasteiger partial charge in [0.15, 0.2) is 0 Å². The van der Waals surface area contributed by atoms with Gasteiger partial charge in [0.05, 0.1) is 11.0 Å². The molecule has 1 amide bonds. The van der Waals surface area contributed by atoms with Gasteiger partial charge in [0.2, 0.25) is 5.91 Å². The maximum absolute atomic E-state index is 12.3. The molecule has 1 heterocycles. The summed E-state index contributed by atoms with van der Waals surface area (Å²) in [5, 5.41) is 3.05. The highest BCUT2D eigenvalue weighted by atomic mass is 32.2. The fourth-order valence-electron chi connectivity index (χ4n) is 3.33. The third-order valence-corrected chi connectivity index (χ3v) is 6.07. The van der Waals surface area contributed by atoms with Gasteiger partial charge in [-0.05, 0) is 51.2 Å². The molecule has 0 radical (unpaired) electrons. The highest BCUT2D eigenvalue weighted by molar-refractivity contribution is 7.86. The minimum atomic E-state index is -3.71. The van der Waals surface area contributed by atoms with Crippen LogP contribution >= 0.6 is 0 Å². The fraction of sp³-hybridized carbons (Fsp3) is 0.562. The Labute approximate surface area is 131 Å². The van der Waals surface area contributed by atoms with E-state index in [1.54, 1.807) is 24.3 Å². The van der Waals surface area contributed by atoms with Crippen molar-refractivity contribution in [1.82, 2.24) is 5.32 Å². The highest BCUT2D eigenvalue weighted by Gasteiger charge is 2.41. The van der Waals surface area contributed by atoms with Crippen molar-refractivity contribution in [2.45, 2.75) is 62.0 Å². The average molecular weight is 323 g/mol. The van der Waals surface area contributed by atoms with Gasteiger partial charge < -0.3 is 5.32 Å². The fourth-order valence-corrected chi connectivity index (χ4v) is 4.46. The van der Waals surface area contributed by atoms with E-state index < -0.39 is 10.1 Å². The van der Waals surface area contributed by atoms with Crippen LogP contribution in [0.2, 0.25) is 0 Å². The molecule has 0 atom stereocenters. The van der Waals surface area contributed by atoms with Gasteiger partial charge in [0.1, 0.15) is 0 Å². The molecule has 1 N–H and O–H groups in total. The first kappa shape index (κ1) is 15.5. The molecule has 1 saturated heterocycles. The zero-order chi connectivity index (χ0) is 15.8. The monoisotopic (exact) mass is 323 g/mol. The number of nitrogens with one attached hydrogen (secondary N) is 1. The van der Waals surface area contributed by atoms with E-state index in [2.05, 4.69) is 5.32 Å². The van der Waals surface area contributed by atoms with Crippen molar-refractivity contribution >= 4 is 16.0 Å². The number of rotatable bonds is 3. The molecule has 1 spiro atoms. The Kier molecular flexibility index (Phi) is 3.99. The molecule has 1 aliphatic heterocycles. The second-order valence-corrected chi connectivity index (χ2v) is 7.96. The molecule has 1 aromatic rings. The quantitative estimate of drug-likeness (QED) is 0.866. The summed E-state index contributed by atoms with van der Waals surface area (Å²) in [6.07, 6.45) is 4.02. The summed E-state index contributed by atoms with van der Waals surface area (Å²) in [6.45, 7) is 1.91. The van der Waals surface area contributed by atoms with Crippen molar-refractivity contribution < 1.29 is 17.4 Å². The van der Waals surface area contributed by atoms with E-state index in [1.807, 2.05) is 6.92 Å². The van der Waals surface area contributed by atoms with E-state index in [0.29, 0.717) is 19.3 Å². The summed E-state index contributed by atoms with van der Waals surface area (Å²) in [4.78, 5) is 11.6. The molecule has 5 nitrogen and oxygen atoms in total. The van der Waals surface area contributed by atoms with Crippen LogP contribution in [0.25, 0.3) is 0 Å². The Morgan fingerprint density at radius 1 is 1.14 bits per heavy atom. The number of carbonyl (C=O) groups is 1. The Bertz CT molecular complexity index is 658. The molecule has 1 aliphatic carbocycles. The lowest BCUT2D eigenvalue weighted by Crippen LogP contribution is -2.46. The minimum absolute atomic E-state index is 0.103. The number of hydrogen-bond donors (Lipinski definition) is 1. The molecular formula is C16H21NO4S. The molecule has 1 aromatic carbocycles. The van der Waals surface area contributed by atoms with Crippen molar-refractivity contribution in [3.63, 3.8) is 0 Å². The first-order chi connectivity index (χ1) is 10.4. The lowest BCUT2D eigenvalue weighted by atomic mass is 9.79. The number of aryl methyl sites for hydroxylation is 1. The van der Waals surface area contributed by atoms with Gasteiger partial charge >= 0.3 is 0 Å². The van der Waals surface area contributed by atoms with Gasteiger partial charge in [-0.2, -0.15) is 8.42 Å². The van der Waals surface area contributed by atoms with Crippen molar-refractivity contribution in [3.8, 4) is 0 Å². The average Bonchev–Trinajstić information content (AvgIpc) is 2.83. The molecule has 6 heteroatoms. The van der Waals surface area contributed by atoms with Crippen LogP contribution in [-0.2, 0) is 19.1 Å². The predicted molar refractivity (Wildman–Crippen MR) is 81.8 cm³/mol. The van der Waals surface area contributed by atoms with E-state index in [1.165, 1.54) is 0 Å². The normalized spacial score (nSPS) is 28.8. The van der Waals surface area contributed by atoms with Crippen LogP contribution in [0.4, 0.5) is 0 Å². The summed E-state index contributed by atoms with van der Waals surface area (Å²) in [5.41, 5.74) is 0.889. The SMILES string of the molecule is Cc1ccc(S(=O)(=O)OC2CCC3(CCC(=O)N3)CC2)cc1. The molecule has 2 aliphatic rings. The second kappa shape index (κ2) is 5.66. The van der Waals surface area contributed by atoms with E-state index >= 15 is 0 Å². The van der Waals surface area contributed by atoms with Crippen LogP contribution in [-0.4, -0.2) is 26.0 Å². The first-order valence-electron chi connectivity index (χ1n) is 7.70. The first-order valence-corrected chi connectivity index (χ1v) is 9.10.